The van der Waals surface area contributed by atoms with E-state index in [0.29, 0.717) is 47.9 Å². The third-order valence-corrected chi connectivity index (χ3v) is 8.04. The van der Waals surface area contributed by atoms with E-state index in [2.05, 4.69) is 62.0 Å². The number of allylic oxidation sites excluding steroid dienone is 7. The molecule has 0 saturated carbocycles. The van der Waals surface area contributed by atoms with Crippen molar-refractivity contribution in [1.29, 1.82) is 0 Å². The largest absolute Gasteiger partial charge is 0.403 e. The van der Waals surface area contributed by atoms with Crippen LogP contribution < -0.4 is 27.4 Å². The van der Waals surface area contributed by atoms with Crippen molar-refractivity contribution in [2.24, 2.45) is 11.5 Å². The lowest BCUT2D eigenvalue weighted by atomic mass is 9.85. The van der Waals surface area contributed by atoms with Crippen LogP contribution in [0.1, 0.15) is 45.7 Å². The number of hydrogen-bond acceptors (Lipinski definition) is 6. The Labute approximate surface area is 275 Å². The summed E-state index contributed by atoms with van der Waals surface area (Å²) in [6.07, 6.45) is 9.01. The fourth-order valence-corrected chi connectivity index (χ4v) is 4.71. The fourth-order valence-electron chi connectivity index (χ4n) is 4.71. The van der Waals surface area contributed by atoms with Crippen molar-refractivity contribution in [3.8, 4) is 0 Å². The Morgan fingerprint density at radius 1 is 1.04 bits per heavy atom. The van der Waals surface area contributed by atoms with Gasteiger partial charge in [0, 0.05) is 60.2 Å². The molecule has 1 atom stereocenters. The van der Waals surface area contributed by atoms with E-state index in [1.54, 1.807) is 18.3 Å². The molecule has 0 unspecified atom stereocenters. The maximum absolute atomic E-state index is 14.7. The summed E-state index contributed by atoms with van der Waals surface area (Å²) in [6.45, 7) is 39.8. The molecule has 0 aliphatic heterocycles. The van der Waals surface area contributed by atoms with Crippen molar-refractivity contribution in [1.82, 2.24) is 20.9 Å². The van der Waals surface area contributed by atoms with E-state index in [-0.39, 0.29) is 11.9 Å². The molecule has 0 fully saturated rings. The highest BCUT2D eigenvalue weighted by Crippen LogP contribution is 2.35. The molecule has 244 valence electrons. The number of nitrogens with two attached hydrogens (primary N) is 2. The molecule has 0 saturated heterocycles. The molecule has 0 aromatic heterocycles. The van der Waals surface area contributed by atoms with Gasteiger partial charge in [-0.1, -0.05) is 75.9 Å². The number of halogens is 1. The maximum atomic E-state index is 14.7. The van der Waals surface area contributed by atoms with Crippen LogP contribution in [0.5, 0.6) is 0 Å². The third-order valence-electron chi connectivity index (χ3n) is 8.04. The first kappa shape index (κ1) is 37.0. The summed E-state index contributed by atoms with van der Waals surface area (Å²) in [5, 5.41) is 10.1. The van der Waals surface area contributed by atoms with Crippen LogP contribution in [0.3, 0.4) is 0 Å². The van der Waals surface area contributed by atoms with Gasteiger partial charge in [-0.15, -0.1) is 0 Å². The van der Waals surface area contributed by atoms with Crippen LogP contribution in [-0.2, 0) is 13.1 Å². The van der Waals surface area contributed by atoms with E-state index in [1.165, 1.54) is 6.07 Å². The van der Waals surface area contributed by atoms with Crippen molar-refractivity contribution < 1.29 is 4.39 Å². The number of benzene rings is 1. The standard InChI is InChI=1S/C39H51FN6/c1-13-35(30(9)42)17-15-24(3)31(10)45-32(11)25(4)19-38(46(14-2)26(5)21-41)33(12)43-22-34-16-18-37(40)36(20-34)23-44-39-28(7)27(6)29(39)8/h13,15-21,31,43-45H,1,4,6-7,9,11-12,14,22-23,41-42H2,2-3,5,8,10H3/b24-15+,26-21-,35-17+,38-19-/t31-/m0/s1. The van der Waals surface area contributed by atoms with E-state index in [4.69, 9.17) is 11.5 Å². The van der Waals surface area contributed by atoms with E-state index in [9.17, 15) is 4.39 Å². The van der Waals surface area contributed by atoms with Crippen LogP contribution in [-0.4, -0.2) is 17.5 Å². The van der Waals surface area contributed by atoms with Crippen molar-refractivity contribution in [2.45, 2.75) is 53.8 Å². The molecular formula is C39H51FN6. The highest BCUT2D eigenvalue weighted by molar-refractivity contribution is 5.65. The second kappa shape index (κ2) is 16.8. The van der Waals surface area contributed by atoms with Crippen LogP contribution in [0, 0.1) is 5.82 Å². The zero-order valence-corrected chi connectivity index (χ0v) is 28.2. The Kier molecular flexibility index (Phi) is 13.5. The van der Waals surface area contributed by atoms with Gasteiger partial charge in [0.15, 0.2) is 0 Å². The molecule has 7 heteroatoms. The Hall–Kier alpha value is -5.17. The van der Waals surface area contributed by atoms with Gasteiger partial charge in [-0.25, -0.2) is 4.39 Å². The first-order chi connectivity index (χ1) is 21.7. The van der Waals surface area contributed by atoms with Crippen LogP contribution in [0.4, 0.5) is 4.39 Å². The zero-order valence-electron chi connectivity index (χ0n) is 28.2. The molecule has 0 amide bonds. The zero-order chi connectivity index (χ0) is 34.7. The minimum Gasteiger partial charge on any atom is -0.403 e. The van der Waals surface area contributed by atoms with Gasteiger partial charge in [0.1, 0.15) is 5.82 Å². The van der Waals surface area contributed by atoms with Crippen molar-refractivity contribution in [3.05, 3.63) is 179 Å². The average molecular weight is 623 g/mol. The SMILES string of the molecule is C=C/C(=C\C=C(/C)[C@H](C)NC(=C)C(=C)/C=C(/C(=C)NCc1ccc(F)c(CNC2=C(C)C(=C)C2=C)c1)N(CC)/C(C)=C\N)C(=C)N. The number of nitrogens with one attached hydrogen (secondary N) is 3. The molecule has 1 aliphatic carbocycles. The maximum Gasteiger partial charge on any atom is 0.128 e. The second-order valence-electron chi connectivity index (χ2n) is 11.3. The summed E-state index contributed by atoms with van der Waals surface area (Å²) in [5.41, 5.74) is 22.9. The van der Waals surface area contributed by atoms with Gasteiger partial charge >= 0.3 is 0 Å². The minimum atomic E-state index is -0.276. The molecule has 2 rings (SSSR count). The summed E-state index contributed by atoms with van der Waals surface area (Å²) in [4.78, 5) is 2.04. The van der Waals surface area contributed by atoms with E-state index >= 15 is 0 Å². The highest BCUT2D eigenvalue weighted by Gasteiger charge is 2.22. The van der Waals surface area contributed by atoms with E-state index < -0.39 is 0 Å². The first-order valence-electron chi connectivity index (χ1n) is 15.2. The minimum absolute atomic E-state index is 0.0349. The Morgan fingerprint density at radius 2 is 1.72 bits per heavy atom. The summed E-state index contributed by atoms with van der Waals surface area (Å²) >= 11 is 0. The summed E-state index contributed by atoms with van der Waals surface area (Å²) in [5.74, 6) is -0.276. The lowest BCUT2D eigenvalue weighted by Gasteiger charge is -2.29. The second-order valence-corrected chi connectivity index (χ2v) is 11.3. The van der Waals surface area contributed by atoms with Gasteiger partial charge in [-0.05, 0) is 86.3 Å². The number of likely N-dealkylation sites (N-methyl/N-ethyl adjacent to an activating group) is 1. The van der Waals surface area contributed by atoms with Crippen molar-refractivity contribution in [3.63, 3.8) is 0 Å². The molecule has 0 radical (unpaired) electrons. The van der Waals surface area contributed by atoms with Crippen LogP contribution in [0.2, 0.25) is 0 Å². The van der Waals surface area contributed by atoms with Gasteiger partial charge in [-0.3, -0.25) is 0 Å². The first-order valence-corrected chi connectivity index (χ1v) is 15.2. The average Bonchev–Trinajstić information content (AvgIpc) is 3.03. The number of rotatable bonds is 18. The smallest absolute Gasteiger partial charge is 0.128 e. The van der Waals surface area contributed by atoms with E-state index in [1.807, 2.05) is 63.8 Å². The van der Waals surface area contributed by atoms with Crippen molar-refractivity contribution in [2.75, 3.05) is 6.54 Å². The van der Waals surface area contributed by atoms with Gasteiger partial charge in [0.25, 0.3) is 0 Å². The molecular weight excluding hydrogens is 571 g/mol. The van der Waals surface area contributed by atoms with Crippen molar-refractivity contribution >= 4 is 0 Å². The predicted octanol–water partition coefficient (Wildman–Crippen LogP) is 7.52. The van der Waals surface area contributed by atoms with E-state index in [0.717, 1.165) is 50.5 Å². The molecule has 6 nitrogen and oxygen atoms in total. The molecule has 0 spiro atoms. The molecule has 0 heterocycles. The molecule has 0 bridgehead atoms. The summed E-state index contributed by atoms with van der Waals surface area (Å²) in [7, 11) is 0. The fraction of sp³-hybridized carbons (Fsp3) is 0.231. The van der Waals surface area contributed by atoms with Crippen LogP contribution in [0.15, 0.2) is 162 Å². The quantitative estimate of drug-likeness (QED) is 0.109. The normalized spacial score (nSPS) is 14.7. The topological polar surface area (TPSA) is 91.4 Å². The Morgan fingerprint density at radius 3 is 2.28 bits per heavy atom. The molecule has 7 N–H and O–H groups in total. The predicted molar refractivity (Wildman–Crippen MR) is 195 cm³/mol. The Bertz CT molecular complexity index is 1590. The molecule has 1 aromatic carbocycles. The van der Waals surface area contributed by atoms with Crippen LogP contribution >= 0.6 is 0 Å². The van der Waals surface area contributed by atoms with Gasteiger partial charge in [-0.2, -0.15) is 0 Å². The third kappa shape index (κ3) is 9.41. The van der Waals surface area contributed by atoms with Gasteiger partial charge in [0.2, 0.25) is 0 Å². The number of nitrogens with zero attached hydrogens (tertiary/aromatic N) is 1. The monoisotopic (exact) mass is 622 g/mol. The molecule has 46 heavy (non-hydrogen) atoms. The van der Waals surface area contributed by atoms with Crippen LogP contribution in [0.25, 0.3) is 0 Å². The lowest BCUT2D eigenvalue weighted by molar-refractivity contribution is 0.449. The lowest BCUT2D eigenvalue weighted by Crippen LogP contribution is -2.29. The van der Waals surface area contributed by atoms with Gasteiger partial charge in [0.05, 0.1) is 11.4 Å². The summed E-state index contributed by atoms with van der Waals surface area (Å²) < 4.78 is 14.7. The molecule has 1 aliphatic rings. The number of hydrogen-bond donors (Lipinski definition) is 5. The Balaban J connectivity index is 2.23. The van der Waals surface area contributed by atoms with Gasteiger partial charge < -0.3 is 32.3 Å². The highest BCUT2D eigenvalue weighted by atomic mass is 19.1. The molecule has 1 aromatic rings. The summed E-state index contributed by atoms with van der Waals surface area (Å²) in [6, 6.07) is 5.06.